The van der Waals surface area contributed by atoms with E-state index in [1.807, 2.05) is 23.7 Å². The lowest BCUT2D eigenvalue weighted by atomic mass is 9.81. The molecular weight excluding hydrogens is 292 g/mol. The van der Waals surface area contributed by atoms with E-state index in [0.717, 1.165) is 32.6 Å². The van der Waals surface area contributed by atoms with Crippen LogP contribution in [0.1, 0.15) is 48.8 Å². The molecule has 120 valence electrons. The fraction of sp³-hybridized carbons (Fsp3) is 0.647. The van der Waals surface area contributed by atoms with Crippen LogP contribution in [0.15, 0.2) is 18.6 Å². The molecule has 0 aromatic carbocycles. The van der Waals surface area contributed by atoms with Crippen molar-refractivity contribution in [2.24, 2.45) is 0 Å². The largest absolute Gasteiger partial charge is 0.334 e. The van der Waals surface area contributed by atoms with Gasteiger partial charge in [-0.25, -0.2) is 9.97 Å². The predicted molar refractivity (Wildman–Crippen MR) is 91.2 cm³/mol. The molecule has 0 N–H and O–H groups in total. The summed E-state index contributed by atoms with van der Waals surface area (Å²) in [5, 5.41) is 1.32. The Morgan fingerprint density at radius 1 is 1.27 bits per heavy atom. The third-order valence-corrected chi connectivity index (χ3v) is 5.95. The first kappa shape index (κ1) is 15.7. The van der Waals surface area contributed by atoms with Gasteiger partial charge in [0.25, 0.3) is 0 Å². The highest BCUT2D eigenvalue weighted by Crippen LogP contribution is 2.37. The quantitative estimate of drug-likeness (QED) is 0.844. The van der Waals surface area contributed by atoms with E-state index < -0.39 is 0 Å². The first-order chi connectivity index (χ1) is 10.6. The minimum absolute atomic E-state index is 0.258. The van der Waals surface area contributed by atoms with Crippen LogP contribution < -0.4 is 0 Å². The van der Waals surface area contributed by atoms with E-state index in [2.05, 4.69) is 46.4 Å². The Balaban J connectivity index is 1.61. The van der Waals surface area contributed by atoms with Crippen molar-refractivity contribution in [1.82, 2.24) is 19.4 Å². The molecule has 0 amide bonds. The second-order valence-corrected chi connectivity index (χ2v) is 7.88. The van der Waals surface area contributed by atoms with Crippen molar-refractivity contribution in [3.8, 4) is 0 Å². The molecule has 5 heteroatoms. The number of hydrogen-bond donors (Lipinski definition) is 0. The second-order valence-electron chi connectivity index (χ2n) is 6.65. The van der Waals surface area contributed by atoms with E-state index in [-0.39, 0.29) is 5.41 Å². The Labute approximate surface area is 137 Å². The summed E-state index contributed by atoms with van der Waals surface area (Å²) in [6.45, 7) is 11.0. The molecule has 0 unspecified atom stereocenters. The maximum Gasteiger partial charge on any atom is 0.122 e. The van der Waals surface area contributed by atoms with Crippen LogP contribution in [-0.4, -0.2) is 32.5 Å². The smallest absolute Gasteiger partial charge is 0.122 e. The second kappa shape index (κ2) is 6.50. The molecule has 1 aliphatic rings. The monoisotopic (exact) mass is 318 g/mol. The van der Waals surface area contributed by atoms with Gasteiger partial charge < -0.3 is 4.57 Å². The minimum Gasteiger partial charge on any atom is -0.334 e. The Bertz CT molecular complexity index is 608. The lowest BCUT2D eigenvalue weighted by Gasteiger charge is -2.38. The highest BCUT2D eigenvalue weighted by Gasteiger charge is 2.34. The van der Waals surface area contributed by atoms with E-state index in [9.17, 15) is 0 Å². The number of rotatable bonds is 5. The summed E-state index contributed by atoms with van der Waals surface area (Å²) in [6, 6.07) is 0. The third kappa shape index (κ3) is 3.25. The molecule has 0 bridgehead atoms. The Kier molecular flexibility index (Phi) is 4.64. The number of thiazole rings is 1. The van der Waals surface area contributed by atoms with Gasteiger partial charge in [0.1, 0.15) is 5.82 Å². The molecule has 22 heavy (non-hydrogen) atoms. The van der Waals surface area contributed by atoms with E-state index >= 15 is 0 Å². The van der Waals surface area contributed by atoms with Gasteiger partial charge in [-0.05, 0) is 39.3 Å². The molecule has 2 aromatic rings. The molecule has 1 aliphatic heterocycles. The Hall–Kier alpha value is -1.20. The molecule has 0 saturated carbocycles. The number of aryl methyl sites for hydroxylation is 2. The summed E-state index contributed by atoms with van der Waals surface area (Å²) in [5.41, 5.74) is 0.258. The molecule has 0 aliphatic carbocycles. The zero-order valence-electron chi connectivity index (χ0n) is 13.9. The Morgan fingerprint density at radius 3 is 2.68 bits per heavy atom. The lowest BCUT2D eigenvalue weighted by Crippen LogP contribution is -2.40. The average molecular weight is 318 g/mol. The van der Waals surface area contributed by atoms with Crippen molar-refractivity contribution >= 4 is 11.3 Å². The van der Waals surface area contributed by atoms with Crippen molar-refractivity contribution in [1.29, 1.82) is 0 Å². The molecule has 1 fully saturated rings. The summed E-state index contributed by atoms with van der Waals surface area (Å²) in [4.78, 5) is 13.0. The van der Waals surface area contributed by atoms with E-state index in [1.165, 1.54) is 28.6 Å². The van der Waals surface area contributed by atoms with Gasteiger partial charge in [0, 0.05) is 35.4 Å². The molecule has 4 nitrogen and oxygen atoms in total. The van der Waals surface area contributed by atoms with Gasteiger partial charge in [0.15, 0.2) is 0 Å². The van der Waals surface area contributed by atoms with Gasteiger partial charge in [-0.1, -0.05) is 13.8 Å². The molecule has 3 heterocycles. The maximum absolute atomic E-state index is 4.63. The van der Waals surface area contributed by atoms with Crippen LogP contribution in [-0.2, 0) is 18.5 Å². The summed E-state index contributed by atoms with van der Waals surface area (Å²) in [7, 11) is 0. The van der Waals surface area contributed by atoms with Crippen LogP contribution >= 0.6 is 11.3 Å². The first-order valence-electron chi connectivity index (χ1n) is 8.26. The standard InChI is InChI=1S/C17H26N4S/c1-4-8-21-11-7-18-15(21)13-20-9-5-17(3,6-10-20)16-19-12-14(2)22-16/h7,11-12H,4-6,8-10,13H2,1-3H3. The van der Waals surface area contributed by atoms with Crippen molar-refractivity contribution < 1.29 is 0 Å². The van der Waals surface area contributed by atoms with Crippen LogP contribution in [0.4, 0.5) is 0 Å². The van der Waals surface area contributed by atoms with Crippen molar-refractivity contribution in [2.45, 2.75) is 58.5 Å². The van der Waals surface area contributed by atoms with Gasteiger partial charge in [-0.3, -0.25) is 4.90 Å². The number of imidazole rings is 1. The van der Waals surface area contributed by atoms with Gasteiger partial charge in [-0.15, -0.1) is 11.3 Å². The van der Waals surface area contributed by atoms with Gasteiger partial charge in [-0.2, -0.15) is 0 Å². The highest BCUT2D eigenvalue weighted by atomic mass is 32.1. The lowest BCUT2D eigenvalue weighted by molar-refractivity contribution is 0.157. The summed E-state index contributed by atoms with van der Waals surface area (Å²) >= 11 is 1.86. The van der Waals surface area contributed by atoms with Gasteiger partial charge >= 0.3 is 0 Å². The van der Waals surface area contributed by atoms with Gasteiger partial charge in [0.05, 0.1) is 11.6 Å². The molecule has 1 saturated heterocycles. The SMILES string of the molecule is CCCn1ccnc1CN1CCC(C)(c2ncc(C)s2)CC1. The van der Waals surface area contributed by atoms with Gasteiger partial charge in [0.2, 0.25) is 0 Å². The predicted octanol–water partition coefficient (Wildman–Crippen LogP) is 3.61. The number of likely N-dealkylation sites (tertiary alicyclic amines) is 1. The average Bonchev–Trinajstić information content (AvgIpc) is 3.12. The van der Waals surface area contributed by atoms with E-state index in [0.29, 0.717) is 0 Å². The normalized spacial score (nSPS) is 18.7. The molecule has 3 rings (SSSR count). The summed E-state index contributed by atoms with van der Waals surface area (Å²) < 4.78 is 2.29. The van der Waals surface area contributed by atoms with Crippen LogP contribution in [0.25, 0.3) is 0 Å². The van der Waals surface area contributed by atoms with E-state index in [4.69, 9.17) is 0 Å². The zero-order chi connectivity index (χ0) is 15.6. The maximum atomic E-state index is 4.63. The fourth-order valence-corrected chi connectivity index (χ4v) is 4.15. The molecular formula is C17H26N4S. The first-order valence-corrected chi connectivity index (χ1v) is 9.07. The van der Waals surface area contributed by atoms with Crippen molar-refractivity contribution in [2.75, 3.05) is 13.1 Å². The molecule has 0 spiro atoms. The molecule has 0 radical (unpaired) electrons. The fourth-order valence-electron chi connectivity index (χ4n) is 3.19. The van der Waals surface area contributed by atoms with Crippen LogP contribution in [0, 0.1) is 6.92 Å². The van der Waals surface area contributed by atoms with Crippen molar-refractivity contribution in [3.05, 3.63) is 34.3 Å². The third-order valence-electron chi connectivity index (χ3n) is 4.73. The van der Waals surface area contributed by atoms with Crippen LogP contribution in [0.2, 0.25) is 0 Å². The summed E-state index contributed by atoms with van der Waals surface area (Å²) in [6.07, 6.45) is 9.58. The summed E-state index contributed by atoms with van der Waals surface area (Å²) in [5.74, 6) is 1.20. The Morgan fingerprint density at radius 2 is 2.05 bits per heavy atom. The number of piperidine rings is 1. The number of aromatic nitrogens is 3. The zero-order valence-corrected chi connectivity index (χ0v) is 14.7. The van der Waals surface area contributed by atoms with Crippen LogP contribution in [0.5, 0.6) is 0 Å². The molecule has 2 aromatic heterocycles. The number of hydrogen-bond acceptors (Lipinski definition) is 4. The molecule has 0 atom stereocenters. The van der Waals surface area contributed by atoms with Crippen LogP contribution in [0.3, 0.4) is 0 Å². The van der Waals surface area contributed by atoms with E-state index in [1.54, 1.807) is 0 Å². The number of nitrogens with zero attached hydrogens (tertiary/aromatic N) is 4. The highest BCUT2D eigenvalue weighted by molar-refractivity contribution is 7.11. The minimum atomic E-state index is 0.258. The van der Waals surface area contributed by atoms with Crippen molar-refractivity contribution in [3.63, 3.8) is 0 Å². The topological polar surface area (TPSA) is 34.0 Å².